The van der Waals surface area contributed by atoms with Gasteiger partial charge >= 0.3 is 11.9 Å². The van der Waals surface area contributed by atoms with Crippen LogP contribution < -0.4 is 16.1 Å². The first-order valence-electron chi connectivity index (χ1n) is 8.27. The van der Waals surface area contributed by atoms with E-state index in [1.165, 1.54) is 13.2 Å². The van der Waals surface area contributed by atoms with E-state index in [9.17, 15) is 14.4 Å². The SMILES string of the molecule is C=c1ccc2[nH]c(=O)c(=Cc3[nH]c(C(=O)OCC)c(C)c3C(=O)OC)c=2[nH]1. The molecule has 8 heteroatoms. The van der Waals surface area contributed by atoms with Crippen LogP contribution in [0.3, 0.4) is 0 Å². The molecule has 3 N–H and O–H groups in total. The Hall–Kier alpha value is -3.55. The zero-order valence-corrected chi connectivity index (χ0v) is 15.2. The van der Waals surface area contributed by atoms with E-state index in [1.807, 2.05) is 0 Å². The monoisotopic (exact) mass is 369 g/mol. The Morgan fingerprint density at radius 1 is 1.19 bits per heavy atom. The van der Waals surface area contributed by atoms with Gasteiger partial charge in [0.1, 0.15) is 5.69 Å². The molecule has 1 aromatic heterocycles. The predicted octanol–water partition coefficient (Wildman–Crippen LogP) is 0.267. The van der Waals surface area contributed by atoms with Gasteiger partial charge in [-0.05, 0) is 37.6 Å². The molecular weight excluding hydrogens is 350 g/mol. The Morgan fingerprint density at radius 3 is 2.59 bits per heavy atom. The molecule has 0 amide bonds. The van der Waals surface area contributed by atoms with Crippen LogP contribution in [0.1, 0.15) is 39.0 Å². The molecule has 0 saturated heterocycles. The van der Waals surface area contributed by atoms with Crippen molar-refractivity contribution in [3.05, 3.63) is 66.3 Å². The molecule has 140 valence electrons. The summed E-state index contributed by atoms with van der Waals surface area (Å²) in [6.45, 7) is 7.31. The molecule has 8 nitrogen and oxygen atoms in total. The third-order valence-electron chi connectivity index (χ3n) is 4.20. The van der Waals surface area contributed by atoms with Crippen molar-refractivity contribution in [2.24, 2.45) is 0 Å². The summed E-state index contributed by atoms with van der Waals surface area (Å²) < 4.78 is 9.85. The molecule has 27 heavy (non-hydrogen) atoms. The normalized spacial score (nSPS) is 11.7. The molecule has 0 spiro atoms. The summed E-state index contributed by atoms with van der Waals surface area (Å²) in [5, 5.41) is 2.08. The first kappa shape index (κ1) is 18.2. The lowest BCUT2D eigenvalue weighted by atomic mass is 10.1. The fraction of sp³-hybridized carbons (Fsp3) is 0.211. The van der Waals surface area contributed by atoms with E-state index in [-0.39, 0.29) is 29.1 Å². The fourth-order valence-electron chi connectivity index (χ4n) is 2.94. The molecule has 0 bridgehead atoms. The summed E-state index contributed by atoms with van der Waals surface area (Å²) in [5.74, 6) is -1.22. The molecule has 1 aromatic rings. The molecule has 3 rings (SSSR count). The molecule has 0 fully saturated rings. The number of ether oxygens (including phenoxy) is 2. The van der Waals surface area contributed by atoms with Crippen LogP contribution in [0.4, 0.5) is 0 Å². The molecule has 0 unspecified atom stereocenters. The Bertz CT molecular complexity index is 1260. The molecule has 3 heterocycles. The fourth-order valence-corrected chi connectivity index (χ4v) is 2.94. The van der Waals surface area contributed by atoms with E-state index >= 15 is 0 Å². The number of hydrogen-bond acceptors (Lipinski definition) is 5. The molecule has 2 aliphatic heterocycles. The van der Waals surface area contributed by atoms with Gasteiger partial charge in [0.15, 0.2) is 0 Å². The number of H-pyrrole nitrogens is 3. The maximum Gasteiger partial charge on any atom is 0.355 e. The number of rotatable bonds is 4. The van der Waals surface area contributed by atoms with Crippen LogP contribution in [0, 0.1) is 17.6 Å². The van der Waals surface area contributed by atoms with Crippen LogP contribution in [-0.2, 0) is 9.47 Å². The molecule has 0 atom stereocenters. The molecule has 2 aliphatic rings. The lowest BCUT2D eigenvalue weighted by Gasteiger charge is -2.01. The summed E-state index contributed by atoms with van der Waals surface area (Å²) in [6.07, 6.45) is 1.50. The van der Waals surface area contributed by atoms with E-state index in [0.29, 0.717) is 26.8 Å². The van der Waals surface area contributed by atoms with Crippen LogP contribution in [0.2, 0.25) is 0 Å². The number of carbonyl (C=O) groups excluding carboxylic acids is 2. The molecule has 0 aliphatic carbocycles. The number of carbonyl (C=O) groups is 2. The Morgan fingerprint density at radius 2 is 1.93 bits per heavy atom. The highest BCUT2D eigenvalue weighted by Gasteiger charge is 2.24. The number of esters is 2. The maximum absolute atomic E-state index is 12.4. The van der Waals surface area contributed by atoms with Gasteiger partial charge in [-0.3, -0.25) is 4.79 Å². The van der Waals surface area contributed by atoms with Gasteiger partial charge in [-0.25, -0.2) is 9.59 Å². The predicted molar refractivity (Wildman–Crippen MR) is 97.9 cm³/mol. The van der Waals surface area contributed by atoms with Crippen LogP contribution >= 0.6 is 0 Å². The van der Waals surface area contributed by atoms with Crippen LogP contribution in [0.5, 0.6) is 0 Å². The lowest BCUT2D eigenvalue weighted by Crippen LogP contribution is -2.24. The van der Waals surface area contributed by atoms with Crippen molar-refractivity contribution in [2.45, 2.75) is 13.8 Å². The summed E-state index contributed by atoms with van der Waals surface area (Å²) in [6, 6.07) is 3.47. The third-order valence-corrected chi connectivity index (χ3v) is 4.20. The second kappa shape index (κ2) is 6.99. The van der Waals surface area contributed by atoms with Crippen molar-refractivity contribution in [1.82, 2.24) is 15.0 Å². The number of aromatic amines is 3. The smallest absolute Gasteiger partial charge is 0.355 e. The van der Waals surface area contributed by atoms with E-state index in [1.54, 1.807) is 26.0 Å². The van der Waals surface area contributed by atoms with Crippen LogP contribution in [-0.4, -0.2) is 40.6 Å². The minimum atomic E-state index is -0.625. The minimum absolute atomic E-state index is 0.137. The zero-order chi connectivity index (χ0) is 19.7. The van der Waals surface area contributed by atoms with Crippen molar-refractivity contribution in [2.75, 3.05) is 13.7 Å². The van der Waals surface area contributed by atoms with E-state index < -0.39 is 11.9 Å². The van der Waals surface area contributed by atoms with Gasteiger partial charge < -0.3 is 24.4 Å². The Labute approximate surface area is 153 Å². The summed E-state index contributed by atoms with van der Waals surface area (Å²) in [4.78, 5) is 45.5. The lowest BCUT2D eigenvalue weighted by molar-refractivity contribution is 0.0519. The molecule has 0 aromatic carbocycles. The highest BCUT2D eigenvalue weighted by atomic mass is 16.5. The second-order valence-corrected chi connectivity index (χ2v) is 5.91. The largest absolute Gasteiger partial charge is 0.465 e. The average molecular weight is 369 g/mol. The Kier molecular flexibility index (Phi) is 4.72. The number of methoxy groups -OCH3 is 1. The molecular formula is C19H19N3O5. The van der Waals surface area contributed by atoms with Gasteiger partial charge in [0.05, 0.1) is 40.9 Å². The highest BCUT2D eigenvalue weighted by Crippen LogP contribution is 2.21. The van der Waals surface area contributed by atoms with Gasteiger partial charge in [0.25, 0.3) is 5.56 Å². The topological polar surface area (TPSA) is 117 Å². The first-order chi connectivity index (χ1) is 12.9. The summed E-state index contributed by atoms with van der Waals surface area (Å²) >= 11 is 0. The van der Waals surface area contributed by atoms with Crippen LogP contribution in [0.25, 0.3) is 12.7 Å². The van der Waals surface area contributed by atoms with Crippen molar-refractivity contribution in [3.8, 4) is 0 Å². The molecule has 0 radical (unpaired) electrons. The van der Waals surface area contributed by atoms with Crippen molar-refractivity contribution in [3.63, 3.8) is 0 Å². The van der Waals surface area contributed by atoms with Gasteiger partial charge in [-0.2, -0.15) is 0 Å². The standard InChI is InChI=1S/C19H19N3O5/c1-5-27-19(25)15-10(3)14(18(24)26-4)13(21-15)8-11-16-12(22-17(11)23)7-6-9(2)20-16/h6-8,20-21H,2,5H2,1,3-4H3,(H,22,23). The van der Waals surface area contributed by atoms with Crippen molar-refractivity contribution < 1.29 is 19.1 Å². The van der Waals surface area contributed by atoms with E-state index in [0.717, 1.165) is 0 Å². The minimum Gasteiger partial charge on any atom is -0.465 e. The zero-order valence-electron chi connectivity index (χ0n) is 15.2. The summed E-state index contributed by atoms with van der Waals surface area (Å²) in [5.41, 5.74) is 0.634. The second-order valence-electron chi connectivity index (χ2n) is 5.91. The van der Waals surface area contributed by atoms with Crippen LogP contribution in [0.15, 0.2) is 16.9 Å². The molecule has 0 saturated carbocycles. The van der Waals surface area contributed by atoms with Gasteiger partial charge in [-0.15, -0.1) is 0 Å². The average Bonchev–Trinajstić information content (AvgIpc) is 3.12. The highest BCUT2D eigenvalue weighted by molar-refractivity contribution is 6.00. The quantitative estimate of drug-likeness (QED) is 0.571. The van der Waals surface area contributed by atoms with Gasteiger partial charge in [0.2, 0.25) is 0 Å². The van der Waals surface area contributed by atoms with E-state index in [2.05, 4.69) is 21.5 Å². The third kappa shape index (κ3) is 3.17. The number of nitrogens with one attached hydrogen (secondary N) is 3. The van der Waals surface area contributed by atoms with Crippen molar-refractivity contribution in [1.29, 1.82) is 0 Å². The number of hydrogen-bond donors (Lipinski definition) is 3. The first-order valence-corrected chi connectivity index (χ1v) is 8.27. The van der Waals surface area contributed by atoms with Gasteiger partial charge in [0, 0.05) is 5.35 Å². The maximum atomic E-state index is 12.4. The summed E-state index contributed by atoms with van der Waals surface area (Å²) in [7, 11) is 1.25. The van der Waals surface area contributed by atoms with E-state index in [4.69, 9.17) is 9.47 Å². The van der Waals surface area contributed by atoms with Gasteiger partial charge in [-0.1, -0.05) is 6.58 Å². The van der Waals surface area contributed by atoms with Crippen molar-refractivity contribution >= 4 is 24.6 Å². The number of aromatic nitrogens is 3. The Balaban J connectivity index is 2.34.